The fourth-order valence-corrected chi connectivity index (χ4v) is 1.58. The first kappa shape index (κ1) is 13.8. The first-order valence-electron chi connectivity index (χ1n) is 5.28. The Morgan fingerprint density at radius 1 is 0.857 bits per heavy atom. The van der Waals surface area contributed by atoms with E-state index in [1.807, 2.05) is 18.7 Å². The van der Waals surface area contributed by atoms with Crippen molar-refractivity contribution in [1.29, 1.82) is 0 Å². The third-order valence-electron chi connectivity index (χ3n) is 2.54. The topological polar surface area (TPSA) is 63.9 Å². The van der Waals surface area contributed by atoms with Gasteiger partial charge >= 0.3 is 0 Å². The molecule has 0 fully saturated rings. The first-order chi connectivity index (χ1) is 6.70. The van der Waals surface area contributed by atoms with E-state index in [2.05, 4.69) is 0 Å². The molecule has 0 aromatic heterocycles. The van der Waals surface area contributed by atoms with Gasteiger partial charge in [-0.25, -0.2) is 0 Å². The van der Waals surface area contributed by atoms with Crippen molar-refractivity contribution in [3.8, 4) is 0 Å². The van der Waals surface area contributed by atoms with Crippen LogP contribution >= 0.6 is 0 Å². The maximum atomic E-state index is 9.24. The van der Waals surface area contributed by atoms with Crippen LogP contribution in [0.5, 0.6) is 0 Å². The molecule has 0 aromatic carbocycles. The molecule has 14 heavy (non-hydrogen) atoms. The highest BCUT2D eigenvalue weighted by Crippen LogP contribution is 2.15. The fraction of sp³-hybridized carbons (Fsp3) is 1.00. The van der Waals surface area contributed by atoms with Gasteiger partial charge in [0.15, 0.2) is 0 Å². The summed E-state index contributed by atoms with van der Waals surface area (Å²) in [5, 5.41) is 27.7. The molecule has 0 spiro atoms. The molecule has 0 radical (unpaired) electrons. The van der Waals surface area contributed by atoms with Gasteiger partial charge in [0.1, 0.15) is 0 Å². The van der Waals surface area contributed by atoms with E-state index in [9.17, 15) is 15.3 Å². The highest BCUT2D eigenvalue weighted by molar-refractivity contribution is 4.89. The van der Waals surface area contributed by atoms with Crippen molar-refractivity contribution in [3.63, 3.8) is 0 Å². The molecule has 3 N–H and O–H groups in total. The third kappa shape index (κ3) is 3.20. The molecule has 4 nitrogen and oxygen atoms in total. The van der Waals surface area contributed by atoms with E-state index in [4.69, 9.17) is 0 Å². The molecule has 0 saturated carbocycles. The van der Waals surface area contributed by atoms with Crippen LogP contribution in [0.2, 0.25) is 0 Å². The zero-order valence-electron chi connectivity index (χ0n) is 9.24. The molecule has 0 rings (SSSR count). The normalized spacial score (nSPS) is 12.4. The van der Waals surface area contributed by atoms with E-state index in [0.717, 1.165) is 25.9 Å². The molecule has 0 bridgehead atoms. The van der Waals surface area contributed by atoms with Gasteiger partial charge in [0.25, 0.3) is 0 Å². The number of hydrogen-bond donors (Lipinski definition) is 3. The predicted octanol–water partition coefficient (Wildman–Crippen LogP) is -0.176. The average Bonchev–Trinajstić information content (AvgIpc) is 2.22. The Labute approximate surface area is 86.2 Å². The van der Waals surface area contributed by atoms with E-state index in [1.54, 1.807) is 0 Å². The molecule has 0 saturated heterocycles. The lowest BCUT2D eigenvalue weighted by atomic mass is 10.00. The van der Waals surface area contributed by atoms with Gasteiger partial charge in [0.05, 0.1) is 25.4 Å². The van der Waals surface area contributed by atoms with Gasteiger partial charge in [-0.15, -0.1) is 0 Å². The number of hydrogen-bond acceptors (Lipinski definition) is 4. The number of rotatable bonds is 8. The Morgan fingerprint density at radius 2 is 1.21 bits per heavy atom. The summed E-state index contributed by atoms with van der Waals surface area (Å²) in [6, 6.07) is 0. The second-order valence-electron chi connectivity index (χ2n) is 3.69. The van der Waals surface area contributed by atoms with E-state index < -0.39 is 5.54 Å². The Morgan fingerprint density at radius 3 is 1.43 bits per heavy atom. The first-order valence-corrected chi connectivity index (χ1v) is 5.28. The highest BCUT2D eigenvalue weighted by atomic mass is 16.3. The largest absolute Gasteiger partial charge is 0.394 e. The highest BCUT2D eigenvalue weighted by Gasteiger charge is 2.34. The van der Waals surface area contributed by atoms with E-state index >= 15 is 0 Å². The summed E-state index contributed by atoms with van der Waals surface area (Å²) in [7, 11) is 0. The van der Waals surface area contributed by atoms with E-state index in [1.165, 1.54) is 0 Å². The summed E-state index contributed by atoms with van der Waals surface area (Å²) in [6.45, 7) is 5.03. The van der Waals surface area contributed by atoms with Gasteiger partial charge in [0, 0.05) is 0 Å². The summed E-state index contributed by atoms with van der Waals surface area (Å²) in [5.41, 5.74) is -0.855. The lowest BCUT2D eigenvalue weighted by Crippen LogP contribution is -2.57. The molecule has 86 valence electrons. The molecule has 0 atom stereocenters. The Balaban J connectivity index is 4.52. The molecule has 4 heteroatoms. The molecular formula is C10H23NO3. The maximum absolute atomic E-state index is 9.24. The minimum Gasteiger partial charge on any atom is -0.394 e. The van der Waals surface area contributed by atoms with Crippen molar-refractivity contribution in [1.82, 2.24) is 4.90 Å². The van der Waals surface area contributed by atoms with Crippen LogP contribution in [0.15, 0.2) is 0 Å². The van der Waals surface area contributed by atoms with Gasteiger partial charge in [-0.3, -0.25) is 4.90 Å². The number of nitrogens with zero attached hydrogens (tertiary/aromatic N) is 1. The molecule has 0 aliphatic heterocycles. The Hall–Kier alpha value is -0.160. The van der Waals surface area contributed by atoms with Crippen molar-refractivity contribution in [2.75, 3.05) is 32.9 Å². The van der Waals surface area contributed by atoms with Crippen molar-refractivity contribution >= 4 is 0 Å². The fourth-order valence-electron chi connectivity index (χ4n) is 1.58. The molecule has 0 aromatic rings. The maximum Gasteiger partial charge on any atom is 0.0906 e. The quantitative estimate of drug-likeness (QED) is 0.514. The van der Waals surface area contributed by atoms with Crippen molar-refractivity contribution in [2.45, 2.75) is 32.2 Å². The third-order valence-corrected chi connectivity index (χ3v) is 2.54. The average molecular weight is 205 g/mol. The van der Waals surface area contributed by atoms with Crippen molar-refractivity contribution in [2.24, 2.45) is 0 Å². The molecule has 0 unspecified atom stereocenters. The van der Waals surface area contributed by atoms with Gasteiger partial charge < -0.3 is 15.3 Å². The summed E-state index contributed by atoms with van der Waals surface area (Å²) in [6.07, 6.45) is 1.89. The van der Waals surface area contributed by atoms with Crippen LogP contribution in [0.1, 0.15) is 26.7 Å². The predicted molar refractivity (Wildman–Crippen MR) is 56.1 cm³/mol. The van der Waals surface area contributed by atoms with Crippen LogP contribution in [0.4, 0.5) is 0 Å². The zero-order valence-corrected chi connectivity index (χ0v) is 9.24. The SMILES string of the molecule is CCCN(CCC)C(CO)(CO)CO. The Bertz CT molecular complexity index is 123. The molecule has 0 amide bonds. The van der Waals surface area contributed by atoms with Crippen LogP contribution in [-0.4, -0.2) is 58.7 Å². The Kier molecular flexibility index (Phi) is 7.09. The molecular weight excluding hydrogens is 182 g/mol. The van der Waals surface area contributed by atoms with E-state index in [0.29, 0.717) is 0 Å². The monoisotopic (exact) mass is 205 g/mol. The van der Waals surface area contributed by atoms with Gasteiger partial charge in [0.2, 0.25) is 0 Å². The van der Waals surface area contributed by atoms with Gasteiger partial charge in [-0.2, -0.15) is 0 Å². The summed E-state index contributed by atoms with van der Waals surface area (Å²) >= 11 is 0. The van der Waals surface area contributed by atoms with Crippen LogP contribution in [0, 0.1) is 0 Å². The molecule has 0 aliphatic carbocycles. The summed E-state index contributed by atoms with van der Waals surface area (Å²) in [5.74, 6) is 0. The minimum absolute atomic E-state index is 0.208. The van der Waals surface area contributed by atoms with Gasteiger partial charge in [-0.1, -0.05) is 13.8 Å². The van der Waals surface area contributed by atoms with Crippen LogP contribution in [0.25, 0.3) is 0 Å². The van der Waals surface area contributed by atoms with Gasteiger partial charge in [-0.05, 0) is 25.9 Å². The second kappa shape index (κ2) is 7.17. The van der Waals surface area contributed by atoms with Crippen LogP contribution in [0.3, 0.4) is 0 Å². The number of aliphatic hydroxyl groups is 3. The number of aliphatic hydroxyl groups excluding tert-OH is 3. The van der Waals surface area contributed by atoms with Crippen molar-refractivity contribution in [3.05, 3.63) is 0 Å². The lowest BCUT2D eigenvalue weighted by Gasteiger charge is -2.40. The lowest BCUT2D eigenvalue weighted by molar-refractivity contribution is -0.0477. The summed E-state index contributed by atoms with van der Waals surface area (Å²) in [4.78, 5) is 1.97. The molecule has 0 aliphatic rings. The minimum atomic E-state index is -0.855. The summed E-state index contributed by atoms with van der Waals surface area (Å²) < 4.78 is 0. The second-order valence-corrected chi connectivity index (χ2v) is 3.69. The van der Waals surface area contributed by atoms with Crippen molar-refractivity contribution < 1.29 is 15.3 Å². The van der Waals surface area contributed by atoms with Crippen LogP contribution in [-0.2, 0) is 0 Å². The smallest absolute Gasteiger partial charge is 0.0906 e. The molecule has 0 heterocycles. The van der Waals surface area contributed by atoms with E-state index in [-0.39, 0.29) is 19.8 Å². The zero-order chi connectivity index (χ0) is 11.0. The standard InChI is InChI=1S/C10H23NO3/c1-3-5-11(6-4-2)10(7-12,8-13)9-14/h12-14H,3-9H2,1-2H3. The van der Waals surface area contributed by atoms with Crippen LogP contribution < -0.4 is 0 Å².